The lowest BCUT2D eigenvalue weighted by molar-refractivity contribution is -0.130. The monoisotopic (exact) mass is 299 g/mol. The van der Waals surface area contributed by atoms with Gasteiger partial charge in [0, 0.05) is 5.02 Å². The summed E-state index contributed by atoms with van der Waals surface area (Å²) in [6, 6.07) is 6.90. The standard InChI is InChI=1S/C15H22ClNO3/c1-4-15(5-2,10-18)17-14(19)11(3)20-13-8-6-7-12(16)9-13/h6-9,11,18H,4-5,10H2,1-3H3,(H,17,19). The van der Waals surface area contributed by atoms with Gasteiger partial charge in [0.2, 0.25) is 0 Å². The van der Waals surface area contributed by atoms with E-state index in [1.54, 1.807) is 31.2 Å². The van der Waals surface area contributed by atoms with Crippen LogP contribution in [0, 0.1) is 0 Å². The smallest absolute Gasteiger partial charge is 0.261 e. The van der Waals surface area contributed by atoms with Crippen molar-refractivity contribution in [2.45, 2.75) is 45.3 Å². The number of nitrogens with one attached hydrogen (secondary N) is 1. The van der Waals surface area contributed by atoms with E-state index in [1.165, 1.54) is 0 Å². The molecule has 1 rings (SSSR count). The molecule has 0 saturated carbocycles. The maximum Gasteiger partial charge on any atom is 0.261 e. The second-order valence-corrected chi connectivity index (χ2v) is 5.29. The number of aliphatic hydroxyl groups excluding tert-OH is 1. The lowest BCUT2D eigenvalue weighted by Crippen LogP contribution is -2.53. The van der Waals surface area contributed by atoms with E-state index >= 15 is 0 Å². The van der Waals surface area contributed by atoms with E-state index in [4.69, 9.17) is 16.3 Å². The molecule has 0 saturated heterocycles. The minimum Gasteiger partial charge on any atom is -0.481 e. The molecule has 0 bridgehead atoms. The summed E-state index contributed by atoms with van der Waals surface area (Å²) in [6.07, 6.45) is 0.670. The molecule has 0 heterocycles. The highest BCUT2D eigenvalue weighted by atomic mass is 35.5. The van der Waals surface area contributed by atoms with E-state index in [0.29, 0.717) is 23.6 Å². The van der Waals surface area contributed by atoms with Crippen molar-refractivity contribution < 1.29 is 14.6 Å². The second-order valence-electron chi connectivity index (χ2n) is 4.85. The molecule has 5 heteroatoms. The number of aliphatic hydroxyl groups is 1. The number of amides is 1. The van der Waals surface area contributed by atoms with Crippen molar-refractivity contribution in [1.29, 1.82) is 0 Å². The molecule has 1 aromatic rings. The molecular weight excluding hydrogens is 278 g/mol. The molecule has 0 aliphatic rings. The van der Waals surface area contributed by atoms with E-state index in [-0.39, 0.29) is 12.5 Å². The number of carbonyl (C=O) groups excluding carboxylic acids is 1. The van der Waals surface area contributed by atoms with Crippen molar-refractivity contribution in [3.63, 3.8) is 0 Å². The van der Waals surface area contributed by atoms with Crippen LogP contribution in [0.2, 0.25) is 5.02 Å². The first-order valence-electron chi connectivity index (χ1n) is 6.81. The molecule has 0 aliphatic heterocycles. The van der Waals surface area contributed by atoms with Crippen molar-refractivity contribution in [3.8, 4) is 5.75 Å². The van der Waals surface area contributed by atoms with Crippen molar-refractivity contribution in [3.05, 3.63) is 29.3 Å². The number of benzene rings is 1. The highest BCUT2D eigenvalue weighted by Crippen LogP contribution is 2.19. The minimum absolute atomic E-state index is 0.0877. The summed E-state index contributed by atoms with van der Waals surface area (Å²) in [5.41, 5.74) is -0.580. The maximum absolute atomic E-state index is 12.1. The predicted octanol–water partition coefficient (Wildman–Crippen LogP) is 2.77. The lowest BCUT2D eigenvalue weighted by Gasteiger charge is -2.32. The van der Waals surface area contributed by atoms with Gasteiger partial charge in [-0.15, -0.1) is 0 Å². The van der Waals surface area contributed by atoms with Crippen molar-refractivity contribution in [2.75, 3.05) is 6.61 Å². The fourth-order valence-corrected chi connectivity index (χ4v) is 2.03. The van der Waals surface area contributed by atoms with Gasteiger partial charge in [-0.2, -0.15) is 0 Å². The molecule has 112 valence electrons. The molecule has 1 amide bonds. The van der Waals surface area contributed by atoms with E-state index in [9.17, 15) is 9.90 Å². The summed E-state index contributed by atoms with van der Waals surface area (Å²) >= 11 is 5.87. The number of rotatable bonds is 7. The molecule has 1 unspecified atom stereocenters. The van der Waals surface area contributed by atoms with Gasteiger partial charge in [0.05, 0.1) is 12.1 Å². The molecule has 1 atom stereocenters. The van der Waals surface area contributed by atoms with Crippen LogP contribution in [0.15, 0.2) is 24.3 Å². The minimum atomic E-state index is -0.655. The molecule has 0 spiro atoms. The van der Waals surface area contributed by atoms with Gasteiger partial charge in [0.1, 0.15) is 5.75 Å². The molecular formula is C15H22ClNO3. The first-order chi connectivity index (χ1) is 9.46. The number of hydrogen-bond donors (Lipinski definition) is 2. The van der Waals surface area contributed by atoms with Crippen LogP contribution in [0.25, 0.3) is 0 Å². The van der Waals surface area contributed by atoms with E-state index in [2.05, 4.69) is 5.32 Å². The summed E-state index contributed by atoms with van der Waals surface area (Å²) in [5.74, 6) is 0.297. The van der Waals surface area contributed by atoms with Crippen LogP contribution in [-0.2, 0) is 4.79 Å². The topological polar surface area (TPSA) is 58.6 Å². The number of carbonyl (C=O) groups is 1. The maximum atomic E-state index is 12.1. The van der Waals surface area contributed by atoms with Gasteiger partial charge in [-0.1, -0.05) is 31.5 Å². The molecule has 1 aromatic carbocycles. The third-order valence-electron chi connectivity index (χ3n) is 3.52. The molecule has 0 aromatic heterocycles. The Morgan fingerprint density at radius 3 is 2.60 bits per heavy atom. The Balaban J connectivity index is 2.67. The van der Waals surface area contributed by atoms with Crippen LogP contribution in [0.3, 0.4) is 0 Å². The van der Waals surface area contributed by atoms with Gasteiger partial charge in [0.25, 0.3) is 5.91 Å². The summed E-state index contributed by atoms with van der Waals surface area (Å²) in [6.45, 7) is 5.45. The van der Waals surface area contributed by atoms with Gasteiger partial charge in [-0.05, 0) is 38.0 Å². The van der Waals surface area contributed by atoms with Crippen LogP contribution in [0.1, 0.15) is 33.6 Å². The predicted molar refractivity (Wildman–Crippen MR) is 80.1 cm³/mol. The van der Waals surface area contributed by atoms with Crippen molar-refractivity contribution in [2.24, 2.45) is 0 Å². The highest BCUT2D eigenvalue weighted by Gasteiger charge is 2.29. The van der Waals surface area contributed by atoms with Crippen LogP contribution in [0.4, 0.5) is 0 Å². The van der Waals surface area contributed by atoms with Crippen molar-refractivity contribution >= 4 is 17.5 Å². The average molecular weight is 300 g/mol. The molecule has 0 fully saturated rings. The molecule has 0 aliphatic carbocycles. The SMILES string of the molecule is CCC(CC)(CO)NC(=O)C(C)Oc1cccc(Cl)c1. The Hall–Kier alpha value is -1.26. The first-order valence-corrected chi connectivity index (χ1v) is 7.19. The van der Waals surface area contributed by atoms with Gasteiger partial charge in [-0.25, -0.2) is 0 Å². The first kappa shape index (κ1) is 16.8. The molecule has 20 heavy (non-hydrogen) atoms. The summed E-state index contributed by atoms with van der Waals surface area (Å²) in [4.78, 5) is 12.1. The van der Waals surface area contributed by atoms with Crippen molar-refractivity contribution in [1.82, 2.24) is 5.32 Å². The van der Waals surface area contributed by atoms with Crippen LogP contribution in [-0.4, -0.2) is 29.3 Å². The quantitative estimate of drug-likeness (QED) is 0.814. The Labute approximate surface area is 125 Å². The molecule has 4 nitrogen and oxygen atoms in total. The second kappa shape index (κ2) is 7.50. The Morgan fingerprint density at radius 1 is 1.45 bits per heavy atom. The zero-order valence-corrected chi connectivity index (χ0v) is 12.9. The fraction of sp³-hybridized carbons (Fsp3) is 0.533. The normalized spacial score (nSPS) is 12.8. The molecule has 2 N–H and O–H groups in total. The van der Waals surface area contributed by atoms with Gasteiger partial charge in [-0.3, -0.25) is 4.79 Å². The van der Waals surface area contributed by atoms with E-state index < -0.39 is 11.6 Å². The average Bonchev–Trinajstić information content (AvgIpc) is 2.44. The van der Waals surface area contributed by atoms with E-state index in [0.717, 1.165) is 0 Å². The zero-order valence-electron chi connectivity index (χ0n) is 12.1. The lowest BCUT2D eigenvalue weighted by atomic mass is 9.93. The molecule has 0 radical (unpaired) electrons. The van der Waals surface area contributed by atoms with E-state index in [1.807, 2.05) is 13.8 Å². The Bertz CT molecular complexity index is 438. The largest absolute Gasteiger partial charge is 0.481 e. The van der Waals surface area contributed by atoms with Gasteiger partial charge < -0.3 is 15.2 Å². The number of halogens is 1. The summed E-state index contributed by atoms with van der Waals surface area (Å²) in [5, 5.41) is 12.9. The summed E-state index contributed by atoms with van der Waals surface area (Å²) in [7, 11) is 0. The summed E-state index contributed by atoms with van der Waals surface area (Å²) < 4.78 is 5.56. The Kier molecular flexibility index (Phi) is 6.30. The van der Waals surface area contributed by atoms with Crippen LogP contribution < -0.4 is 10.1 Å². The zero-order chi connectivity index (χ0) is 15.2. The van der Waals surface area contributed by atoms with Crippen LogP contribution in [0.5, 0.6) is 5.75 Å². The third-order valence-corrected chi connectivity index (χ3v) is 3.76. The Morgan fingerprint density at radius 2 is 2.10 bits per heavy atom. The fourth-order valence-electron chi connectivity index (χ4n) is 1.85. The van der Waals surface area contributed by atoms with Crippen LogP contribution >= 0.6 is 11.6 Å². The highest BCUT2D eigenvalue weighted by molar-refractivity contribution is 6.30. The van der Waals surface area contributed by atoms with Gasteiger partial charge in [0.15, 0.2) is 6.10 Å². The number of ether oxygens (including phenoxy) is 1. The number of hydrogen-bond acceptors (Lipinski definition) is 3. The van der Waals surface area contributed by atoms with Gasteiger partial charge >= 0.3 is 0 Å². The third kappa shape index (κ3) is 4.39.